The summed E-state index contributed by atoms with van der Waals surface area (Å²) in [5.41, 5.74) is 0.608. The lowest BCUT2D eigenvalue weighted by Crippen LogP contribution is -2.37. The molecule has 0 N–H and O–H groups in total. The number of aromatic nitrogens is 2. The number of anilines is 1. The molecule has 0 spiro atoms. The van der Waals surface area contributed by atoms with Crippen LogP contribution in [0.15, 0.2) is 10.9 Å². The minimum Gasteiger partial charge on any atom is -0.479 e. The Morgan fingerprint density at radius 1 is 1.44 bits per heavy atom. The highest BCUT2D eigenvalue weighted by atomic mass is 16.5. The van der Waals surface area contributed by atoms with Gasteiger partial charge in [-0.2, -0.15) is 0 Å². The SMILES string of the molecule is COc1nn(C)c(=O)cc1N1CCOCC1. The van der Waals surface area contributed by atoms with E-state index in [1.54, 1.807) is 20.2 Å². The van der Waals surface area contributed by atoms with Crippen LogP contribution in [0.25, 0.3) is 0 Å². The fraction of sp³-hybridized carbons (Fsp3) is 0.600. The Kier molecular flexibility index (Phi) is 3.09. The van der Waals surface area contributed by atoms with Gasteiger partial charge < -0.3 is 14.4 Å². The molecular formula is C10H15N3O3. The van der Waals surface area contributed by atoms with Gasteiger partial charge in [0.15, 0.2) is 0 Å². The van der Waals surface area contributed by atoms with Gasteiger partial charge in [-0.15, -0.1) is 5.10 Å². The lowest BCUT2D eigenvalue weighted by atomic mass is 10.3. The third-order valence-corrected chi connectivity index (χ3v) is 2.58. The molecule has 16 heavy (non-hydrogen) atoms. The van der Waals surface area contributed by atoms with Crippen LogP contribution in [-0.2, 0) is 11.8 Å². The zero-order valence-electron chi connectivity index (χ0n) is 9.47. The van der Waals surface area contributed by atoms with Crippen molar-refractivity contribution in [1.29, 1.82) is 0 Å². The van der Waals surface area contributed by atoms with Crippen LogP contribution >= 0.6 is 0 Å². The number of nitrogens with zero attached hydrogens (tertiary/aromatic N) is 3. The molecule has 0 unspecified atom stereocenters. The molecule has 0 saturated carbocycles. The number of rotatable bonds is 2. The van der Waals surface area contributed by atoms with Crippen molar-refractivity contribution < 1.29 is 9.47 Å². The van der Waals surface area contributed by atoms with E-state index in [0.717, 1.165) is 18.8 Å². The molecule has 0 radical (unpaired) electrons. The van der Waals surface area contributed by atoms with Crippen molar-refractivity contribution in [3.05, 3.63) is 16.4 Å². The zero-order valence-corrected chi connectivity index (χ0v) is 9.47. The van der Waals surface area contributed by atoms with E-state index in [-0.39, 0.29) is 5.56 Å². The van der Waals surface area contributed by atoms with E-state index in [1.165, 1.54) is 4.68 Å². The molecule has 0 aliphatic carbocycles. The topological polar surface area (TPSA) is 56.6 Å². The molecule has 0 atom stereocenters. The standard InChI is InChI=1S/C10H15N3O3/c1-12-9(14)7-8(10(11-12)15-2)13-3-5-16-6-4-13/h7H,3-6H2,1-2H3. The first-order valence-electron chi connectivity index (χ1n) is 5.17. The molecule has 2 rings (SSSR count). The monoisotopic (exact) mass is 225 g/mol. The zero-order chi connectivity index (χ0) is 11.5. The number of hydrogen-bond donors (Lipinski definition) is 0. The smallest absolute Gasteiger partial charge is 0.268 e. The maximum absolute atomic E-state index is 11.5. The third kappa shape index (κ3) is 2.01. The average molecular weight is 225 g/mol. The summed E-state index contributed by atoms with van der Waals surface area (Å²) in [6.07, 6.45) is 0. The summed E-state index contributed by atoms with van der Waals surface area (Å²) < 4.78 is 11.7. The van der Waals surface area contributed by atoms with E-state index in [0.29, 0.717) is 19.1 Å². The van der Waals surface area contributed by atoms with Gasteiger partial charge >= 0.3 is 0 Å². The first-order valence-corrected chi connectivity index (χ1v) is 5.17. The Morgan fingerprint density at radius 3 is 2.75 bits per heavy atom. The van der Waals surface area contributed by atoms with Crippen LogP contribution in [-0.4, -0.2) is 43.2 Å². The second-order valence-electron chi connectivity index (χ2n) is 3.60. The first-order chi connectivity index (χ1) is 7.72. The lowest BCUT2D eigenvalue weighted by molar-refractivity contribution is 0.122. The number of morpholine rings is 1. The minimum atomic E-state index is -0.137. The van der Waals surface area contributed by atoms with Crippen molar-refractivity contribution in [3.8, 4) is 5.88 Å². The highest BCUT2D eigenvalue weighted by Crippen LogP contribution is 2.23. The number of methoxy groups -OCH3 is 1. The highest BCUT2D eigenvalue weighted by molar-refractivity contribution is 5.54. The summed E-state index contributed by atoms with van der Waals surface area (Å²) in [6, 6.07) is 1.55. The molecule has 0 amide bonds. The van der Waals surface area contributed by atoms with E-state index < -0.39 is 0 Å². The first kappa shape index (κ1) is 10.9. The summed E-state index contributed by atoms with van der Waals surface area (Å²) in [5, 5.41) is 4.07. The predicted molar refractivity (Wildman–Crippen MR) is 59.1 cm³/mol. The third-order valence-electron chi connectivity index (χ3n) is 2.58. The molecule has 1 saturated heterocycles. The molecule has 1 aliphatic heterocycles. The fourth-order valence-electron chi connectivity index (χ4n) is 1.69. The summed E-state index contributed by atoms with van der Waals surface area (Å²) >= 11 is 0. The largest absolute Gasteiger partial charge is 0.479 e. The van der Waals surface area contributed by atoms with E-state index in [4.69, 9.17) is 9.47 Å². The average Bonchev–Trinajstić information content (AvgIpc) is 2.33. The predicted octanol–water partition coefficient (Wildman–Crippen LogP) is -0.374. The quantitative estimate of drug-likeness (QED) is 0.687. The van der Waals surface area contributed by atoms with Gasteiger partial charge in [0.05, 0.1) is 20.3 Å². The van der Waals surface area contributed by atoms with Crippen LogP contribution in [0.2, 0.25) is 0 Å². The van der Waals surface area contributed by atoms with E-state index in [1.807, 2.05) is 0 Å². The summed E-state index contributed by atoms with van der Waals surface area (Å²) in [6.45, 7) is 2.84. The van der Waals surface area contributed by atoms with Gasteiger partial charge in [0.1, 0.15) is 5.69 Å². The van der Waals surface area contributed by atoms with Crippen molar-refractivity contribution in [2.45, 2.75) is 0 Å². The maximum Gasteiger partial charge on any atom is 0.268 e. The van der Waals surface area contributed by atoms with E-state index in [2.05, 4.69) is 10.00 Å². The summed E-state index contributed by atoms with van der Waals surface area (Å²) in [5.74, 6) is 0.476. The van der Waals surface area contributed by atoms with Gasteiger partial charge in [0, 0.05) is 26.2 Å². The van der Waals surface area contributed by atoms with E-state index >= 15 is 0 Å². The van der Waals surface area contributed by atoms with Crippen molar-refractivity contribution >= 4 is 5.69 Å². The lowest BCUT2D eigenvalue weighted by Gasteiger charge is -2.29. The molecule has 88 valence electrons. The van der Waals surface area contributed by atoms with Crippen LogP contribution in [0, 0.1) is 0 Å². The Hall–Kier alpha value is -1.56. The van der Waals surface area contributed by atoms with Gasteiger partial charge in [-0.1, -0.05) is 0 Å². The minimum absolute atomic E-state index is 0.137. The molecular weight excluding hydrogens is 210 g/mol. The molecule has 6 heteroatoms. The van der Waals surface area contributed by atoms with Crippen molar-refractivity contribution in [1.82, 2.24) is 9.78 Å². The second kappa shape index (κ2) is 4.52. The van der Waals surface area contributed by atoms with E-state index in [9.17, 15) is 4.79 Å². The Morgan fingerprint density at radius 2 is 2.12 bits per heavy atom. The van der Waals surface area contributed by atoms with Crippen LogP contribution in [0.5, 0.6) is 5.88 Å². The molecule has 1 aromatic rings. The summed E-state index contributed by atoms with van der Waals surface area (Å²) in [7, 11) is 3.16. The normalized spacial score (nSPS) is 16.2. The molecule has 1 aromatic heterocycles. The van der Waals surface area contributed by atoms with Gasteiger partial charge in [-0.3, -0.25) is 4.79 Å². The van der Waals surface area contributed by atoms with Crippen LogP contribution < -0.4 is 15.2 Å². The van der Waals surface area contributed by atoms with Crippen molar-refractivity contribution in [3.63, 3.8) is 0 Å². The Labute approximate surface area is 93.4 Å². The summed E-state index contributed by atoms with van der Waals surface area (Å²) in [4.78, 5) is 13.6. The Balaban J connectivity index is 2.37. The molecule has 0 bridgehead atoms. The number of hydrogen-bond acceptors (Lipinski definition) is 5. The second-order valence-corrected chi connectivity index (χ2v) is 3.60. The van der Waals surface area contributed by atoms with Crippen LogP contribution in [0.1, 0.15) is 0 Å². The van der Waals surface area contributed by atoms with Crippen LogP contribution in [0.3, 0.4) is 0 Å². The Bertz CT molecular complexity index is 424. The molecule has 1 aliphatic rings. The highest BCUT2D eigenvalue weighted by Gasteiger charge is 2.17. The van der Waals surface area contributed by atoms with Gasteiger partial charge in [-0.25, -0.2) is 4.68 Å². The van der Waals surface area contributed by atoms with Crippen molar-refractivity contribution in [2.75, 3.05) is 38.3 Å². The fourth-order valence-corrected chi connectivity index (χ4v) is 1.69. The van der Waals surface area contributed by atoms with Gasteiger partial charge in [0.2, 0.25) is 0 Å². The van der Waals surface area contributed by atoms with Gasteiger partial charge in [-0.05, 0) is 0 Å². The number of ether oxygens (including phenoxy) is 2. The molecule has 0 aromatic carbocycles. The molecule has 2 heterocycles. The van der Waals surface area contributed by atoms with Gasteiger partial charge in [0.25, 0.3) is 11.4 Å². The number of aryl methyl sites for hydroxylation is 1. The molecule has 1 fully saturated rings. The maximum atomic E-state index is 11.5. The van der Waals surface area contributed by atoms with Crippen molar-refractivity contribution in [2.24, 2.45) is 7.05 Å². The van der Waals surface area contributed by atoms with Crippen LogP contribution in [0.4, 0.5) is 5.69 Å². The molecule has 6 nitrogen and oxygen atoms in total.